The summed E-state index contributed by atoms with van der Waals surface area (Å²) < 4.78 is 5.29. The molecule has 0 aliphatic carbocycles. The molecule has 1 heteroatoms. The Bertz CT molecular complexity index is 164. The lowest BCUT2D eigenvalue weighted by Crippen LogP contribution is -2.07. The van der Waals surface area contributed by atoms with Crippen LogP contribution < -0.4 is 0 Å². The summed E-state index contributed by atoms with van der Waals surface area (Å²) in [6.07, 6.45) is 4.49. The van der Waals surface area contributed by atoms with Crippen LogP contribution in [-0.2, 0) is 4.74 Å². The summed E-state index contributed by atoms with van der Waals surface area (Å²) in [7, 11) is 1.75. The van der Waals surface area contributed by atoms with Crippen molar-refractivity contribution in [2.24, 2.45) is 0 Å². The third-order valence-corrected chi connectivity index (χ3v) is 1.68. The van der Waals surface area contributed by atoms with Gasteiger partial charge in [-0.25, -0.2) is 0 Å². The van der Waals surface area contributed by atoms with E-state index in [0.29, 0.717) is 0 Å². The molecule has 0 N–H and O–H groups in total. The lowest BCUT2D eigenvalue weighted by Gasteiger charge is -2.11. The highest BCUT2D eigenvalue weighted by molar-refractivity contribution is 5.00. The van der Waals surface area contributed by atoms with Gasteiger partial charge >= 0.3 is 0 Å². The molecule has 0 aromatic rings. The Balaban J connectivity index is 3.84. The molecular weight excluding hydrogens is 148 g/mol. The fraction of sp³-hybridized carbons (Fsp3) is 0.636. The third kappa shape index (κ3) is 6.17. The Hall–Kier alpha value is -0.560. The number of ether oxygens (including phenoxy) is 1. The predicted octanol–water partition coefficient (Wildman–Crippen LogP) is 3.32. The average molecular weight is 168 g/mol. The van der Waals surface area contributed by atoms with Crippen LogP contribution in [0.15, 0.2) is 23.8 Å². The number of allylic oxidation sites excluding steroid dienone is 2. The first-order valence-electron chi connectivity index (χ1n) is 4.38. The standard InChI is InChI=1S/C11H20O/c1-9(2)6-7-11(12-5)8-10(3)4/h8,11H,1,6-7H2,2-5H3. The van der Waals surface area contributed by atoms with Crippen molar-refractivity contribution in [1.82, 2.24) is 0 Å². The van der Waals surface area contributed by atoms with Crippen LogP contribution >= 0.6 is 0 Å². The van der Waals surface area contributed by atoms with E-state index < -0.39 is 0 Å². The first kappa shape index (κ1) is 11.4. The fourth-order valence-corrected chi connectivity index (χ4v) is 1.03. The summed E-state index contributed by atoms with van der Waals surface area (Å²) >= 11 is 0. The maximum absolute atomic E-state index is 5.29. The number of methoxy groups -OCH3 is 1. The maximum atomic E-state index is 5.29. The summed E-state index contributed by atoms with van der Waals surface area (Å²) in [5.41, 5.74) is 2.53. The lowest BCUT2D eigenvalue weighted by atomic mass is 10.1. The summed E-state index contributed by atoms with van der Waals surface area (Å²) in [4.78, 5) is 0. The Morgan fingerprint density at radius 1 is 1.42 bits per heavy atom. The van der Waals surface area contributed by atoms with Crippen LogP contribution in [-0.4, -0.2) is 13.2 Å². The van der Waals surface area contributed by atoms with Crippen molar-refractivity contribution in [3.05, 3.63) is 23.8 Å². The van der Waals surface area contributed by atoms with Gasteiger partial charge in [0, 0.05) is 7.11 Å². The number of hydrogen-bond donors (Lipinski definition) is 0. The van der Waals surface area contributed by atoms with E-state index in [1.54, 1.807) is 7.11 Å². The zero-order chi connectivity index (χ0) is 9.56. The largest absolute Gasteiger partial charge is 0.377 e. The van der Waals surface area contributed by atoms with Crippen LogP contribution in [0.2, 0.25) is 0 Å². The molecule has 0 aromatic heterocycles. The van der Waals surface area contributed by atoms with Gasteiger partial charge in [0.15, 0.2) is 0 Å². The average Bonchev–Trinajstić information content (AvgIpc) is 1.97. The molecule has 0 aliphatic heterocycles. The van der Waals surface area contributed by atoms with Crippen molar-refractivity contribution in [2.75, 3.05) is 7.11 Å². The van der Waals surface area contributed by atoms with E-state index in [2.05, 4.69) is 33.4 Å². The SMILES string of the molecule is C=C(C)CCC(C=C(C)C)OC. The molecule has 0 spiro atoms. The van der Waals surface area contributed by atoms with Crippen LogP contribution in [0.4, 0.5) is 0 Å². The van der Waals surface area contributed by atoms with Gasteiger partial charge in [0.2, 0.25) is 0 Å². The minimum absolute atomic E-state index is 0.256. The second-order valence-electron chi connectivity index (χ2n) is 3.51. The van der Waals surface area contributed by atoms with Crippen LogP contribution in [0.5, 0.6) is 0 Å². The molecule has 0 aromatic carbocycles. The first-order valence-corrected chi connectivity index (χ1v) is 4.38. The van der Waals surface area contributed by atoms with E-state index in [0.717, 1.165) is 12.8 Å². The van der Waals surface area contributed by atoms with Crippen molar-refractivity contribution in [3.63, 3.8) is 0 Å². The van der Waals surface area contributed by atoms with E-state index >= 15 is 0 Å². The van der Waals surface area contributed by atoms with E-state index in [4.69, 9.17) is 4.74 Å². The third-order valence-electron chi connectivity index (χ3n) is 1.68. The zero-order valence-electron chi connectivity index (χ0n) is 8.68. The molecule has 0 saturated carbocycles. The highest BCUT2D eigenvalue weighted by Crippen LogP contribution is 2.09. The minimum atomic E-state index is 0.256. The van der Waals surface area contributed by atoms with Gasteiger partial charge in [-0.3, -0.25) is 0 Å². The highest BCUT2D eigenvalue weighted by Gasteiger charge is 2.02. The highest BCUT2D eigenvalue weighted by atomic mass is 16.5. The van der Waals surface area contributed by atoms with Crippen LogP contribution in [0.3, 0.4) is 0 Å². The van der Waals surface area contributed by atoms with Crippen molar-refractivity contribution in [3.8, 4) is 0 Å². The molecule has 0 bridgehead atoms. The molecule has 1 unspecified atom stereocenters. The fourth-order valence-electron chi connectivity index (χ4n) is 1.03. The van der Waals surface area contributed by atoms with Crippen molar-refractivity contribution >= 4 is 0 Å². The summed E-state index contributed by atoms with van der Waals surface area (Å²) in [6, 6.07) is 0. The van der Waals surface area contributed by atoms with Crippen LogP contribution in [0.25, 0.3) is 0 Å². The number of rotatable bonds is 5. The molecule has 12 heavy (non-hydrogen) atoms. The Labute approximate surface area is 76.1 Å². The maximum Gasteiger partial charge on any atom is 0.0757 e. The molecule has 0 radical (unpaired) electrons. The zero-order valence-corrected chi connectivity index (χ0v) is 8.68. The molecule has 70 valence electrons. The molecule has 0 rings (SSSR count). The molecule has 0 amide bonds. The topological polar surface area (TPSA) is 9.23 Å². The van der Waals surface area contributed by atoms with Crippen LogP contribution in [0.1, 0.15) is 33.6 Å². The van der Waals surface area contributed by atoms with Crippen molar-refractivity contribution in [2.45, 2.75) is 39.7 Å². The lowest BCUT2D eigenvalue weighted by molar-refractivity contribution is 0.133. The molecule has 1 nitrogen and oxygen atoms in total. The predicted molar refractivity (Wildman–Crippen MR) is 54.3 cm³/mol. The van der Waals surface area contributed by atoms with Gasteiger partial charge in [0.05, 0.1) is 6.10 Å². The minimum Gasteiger partial charge on any atom is -0.377 e. The second-order valence-corrected chi connectivity index (χ2v) is 3.51. The molecule has 0 saturated heterocycles. The van der Waals surface area contributed by atoms with Gasteiger partial charge in [0.1, 0.15) is 0 Å². The van der Waals surface area contributed by atoms with E-state index in [9.17, 15) is 0 Å². The van der Waals surface area contributed by atoms with E-state index in [1.807, 2.05) is 0 Å². The molecular formula is C11H20O. The molecule has 0 heterocycles. The number of hydrogen-bond acceptors (Lipinski definition) is 1. The van der Waals surface area contributed by atoms with Gasteiger partial charge in [-0.05, 0) is 33.6 Å². The van der Waals surface area contributed by atoms with Gasteiger partial charge in [-0.1, -0.05) is 17.2 Å². The van der Waals surface area contributed by atoms with E-state index in [1.165, 1.54) is 11.1 Å². The van der Waals surface area contributed by atoms with Crippen molar-refractivity contribution < 1.29 is 4.74 Å². The van der Waals surface area contributed by atoms with Gasteiger partial charge in [-0.15, -0.1) is 6.58 Å². The van der Waals surface area contributed by atoms with Crippen molar-refractivity contribution in [1.29, 1.82) is 0 Å². The monoisotopic (exact) mass is 168 g/mol. The normalized spacial score (nSPS) is 12.3. The molecule has 0 fully saturated rings. The first-order chi connectivity index (χ1) is 5.56. The summed E-state index contributed by atoms with van der Waals surface area (Å²) in [5, 5.41) is 0. The Morgan fingerprint density at radius 2 is 2.00 bits per heavy atom. The van der Waals surface area contributed by atoms with Gasteiger partial charge in [-0.2, -0.15) is 0 Å². The van der Waals surface area contributed by atoms with Crippen LogP contribution in [0, 0.1) is 0 Å². The van der Waals surface area contributed by atoms with E-state index in [-0.39, 0.29) is 6.10 Å². The summed E-state index contributed by atoms with van der Waals surface area (Å²) in [5.74, 6) is 0. The molecule has 1 atom stereocenters. The quantitative estimate of drug-likeness (QED) is 0.572. The van der Waals surface area contributed by atoms with Gasteiger partial charge in [0.25, 0.3) is 0 Å². The molecule has 0 aliphatic rings. The van der Waals surface area contributed by atoms with Gasteiger partial charge < -0.3 is 4.74 Å². The second kappa shape index (κ2) is 6.01. The Morgan fingerprint density at radius 3 is 2.33 bits per heavy atom. The Kier molecular flexibility index (Phi) is 5.73. The smallest absolute Gasteiger partial charge is 0.0757 e. The summed E-state index contributed by atoms with van der Waals surface area (Å²) in [6.45, 7) is 10.1.